The van der Waals surface area contributed by atoms with Crippen LogP contribution in [-0.2, 0) is 11.2 Å². The van der Waals surface area contributed by atoms with E-state index >= 15 is 0 Å². The molecule has 2 atom stereocenters. The summed E-state index contributed by atoms with van der Waals surface area (Å²) in [5.74, 6) is 1.48. The molecule has 1 aromatic carbocycles. The molecule has 30 heavy (non-hydrogen) atoms. The third kappa shape index (κ3) is 5.62. The maximum Gasteiger partial charge on any atom is 0.237 e. The fourth-order valence-electron chi connectivity index (χ4n) is 3.78. The van der Waals surface area contributed by atoms with Crippen LogP contribution in [0.1, 0.15) is 23.4 Å². The molecular formula is C23H30N2O4S. The molecule has 1 amide bonds. The first-order valence-electron chi connectivity index (χ1n) is 10.2. The van der Waals surface area contributed by atoms with Gasteiger partial charge < -0.3 is 19.5 Å². The number of nitrogens with zero attached hydrogens (tertiary/aromatic N) is 2. The van der Waals surface area contributed by atoms with E-state index in [9.17, 15) is 9.90 Å². The van der Waals surface area contributed by atoms with Crippen molar-refractivity contribution in [3.63, 3.8) is 0 Å². The van der Waals surface area contributed by atoms with E-state index in [2.05, 4.69) is 18.0 Å². The minimum Gasteiger partial charge on any atom is -0.497 e. The number of rotatable bonds is 10. The van der Waals surface area contributed by atoms with Crippen molar-refractivity contribution >= 4 is 17.2 Å². The Kier molecular flexibility index (Phi) is 7.90. The monoisotopic (exact) mass is 430 g/mol. The van der Waals surface area contributed by atoms with Gasteiger partial charge in [0.1, 0.15) is 18.1 Å². The maximum atomic E-state index is 13.2. The van der Waals surface area contributed by atoms with E-state index in [4.69, 9.17) is 9.47 Å². The lowest BCUT2D eigenvalue weighted by Crippen LogP contribution is -2.47. The number of carbonyl (C=O) groups excluding carboxylic acids is 1. The summed E-state index contributed by atoms with van der Waals surface area (Å²) in [5, 5.41) is 11.8. The topological polar surface area (TPSA) is 62.2 Å². The Bertz CT molecular complexity index is 851. The van der Waals surface area contributed by atoms with Crippen LogP contribution < -0.4 is 9.47 Å². The van der Waals surface area contributed by atoms with Gasteiger partial charge in [0.05, 0.1) is 25.8 Å². The molecule has 6 nitrogen and oxygen atoms in total. The SMILES string of the molecule is C=CCN(CC(=O)N1CCc2sccc2[C@@H]1COc1cccc(OC)c1)C[C@H](C)O. The molecule has 1 N–H and O–H groups in total. The summed E-state index contributed by atoms with van der Waals surface area (Å²) < 4.78 is 11.3. The number of aliphatic hydroxyl groups excluding tert-OH is 1. The van der Waals surface area contributed by atoms with Crippen molar-refractivity contribution in [3.05, 3.63) is 58.8 Å². The predicted molar refractivity (Wildman–Crippen MR) is 119 cm³/mol. The van der Waals surface area contributed by atoms with Gasteiger partial charge >= 0.3 is 0 Å². The zero-order valence-corrected chi connectivity index (χ0v) is 18.4. The number of fused-ring (bicyclic) bond motifs is 1. The van der Waals surface area contributed by atoms with Crippen molar-refractivity contribution in [2.24, 2.45) is 0 Å². The minimum absolute atomic E-state index is 0.0357. The predicted octanol–water partition coefficient (Wildman–Crippen LogP) is 3.13. The Hall–Kier alpha value is -2.35. The van der Waals surface area contributed by atoms with E-state index in [1.165, 1.54) is 4.88 Å². The first-order chi connectivity index (χ1) is 14.5. The van der Waals surface area contributed by atoms with Crippen molar-refractivity contribution in [1.29, 1.82) is 0 Å². The van der Waals surface area contributed by atoms with Crippen LogP contribution in [0, 0.1) is 0 Å². The van der Waals surface area contributed by atoms with Gasteiger partial charge in [-0.25, -0.2) is 0 Å². The summed E-state index contributed by atoms with van der Waals surface area (Å²) in [4.78, 5) is 18.4. The van der Waals surface area contributed by atoms with Gasteiger partial charge in [-0.1, -0.05) is 12.1 Å². The van der Waals surface area contributed by atoms with E-state index in [-0.39, 0.29) is 18.5 Å². The largest absolute Gasteiger partial charge is 0.497 e. The van der Waals surface area contributed by atoms with Crippen molar-refractivity contribution < 1.29 is 19.4 Å². The molecule has 7 heteroatoms. The van der Waals surface area contributed by atoms with Crippen LogP contribution in [0.2, 0.25) is 0 Å². The number of methoxy groups -OCH3 is 1. The Labute approximate surface area is 182 Å². The molecule has 0 fully saturated rings. The lowest BCUT2D eigenvalue weighted by atomic mass is 10.0. The smallest absolute Gasteiger partial charge is 0.237 e. The third-order valence-corrected chi connectivity index (χ3v) is 6.13. The maximum absolute atomic E-state index is 13.2. The standard InChI is InChI=1S/C23H30N2O4S/c1-4-10-24(14-17(2)26)15-23(27)25-11-8-22-20(9-12-30-22)21(25)16-29-19-7-5-6-18(13-19)28-3/h4-7,9,12-13,17,21,26H,1,8,10-11,14-16H2,2-3H3/t17-,21-/m0/s1. The highest BCUT2D eigenvalue weighted by Gasteiger charge is 2.32. The summed E-state index contributed by atoms with van der Waals surface area (Å²) in [6, 6.07) is 9.44. The quantitative estimate of drug-likeness (QED) is 0.587. The lowest BCUT2D eigenvalue weighted by molar-refractivity contribution is -0.136. The van der Waals surface area contributed by atoms with E-state index in [1.54, 1.807) is 31.4 Å². The van der Waals surface area contributed by atoms with E-state index in [0.29, 0.717) is 32.0 Å². The molecule has 2 aromatic rings. The average molecular weight is 431 g/mol. The molecule has 0 saturated heterocycles. The number of carbonyl (C=O) groups is 1. The first kappa shape index (κ1) is 22.3. The van der Waals surface area contributed by atoms with Crippen LogP contribution in [-0.4, -0.2) is 66.8 Å². The van der Waals surface area contributed by atoms with Gasteiger partial charge in [0.15, 0.2) is 0 Å². The lowest BCUT2D eigenvalue weighted by Gasteiger charge is -2.37. The summed E-state index contributed by atoms with van der Waals surface area (Å²) in [7, 11) is 1.63. The first-order valence-corrected chi connectivity index (χ1v) is 11.0. The van der Waals surface area contributed by atoms with Crippen LogP contribution in [0.15, 0.2) is 48.4 Å². The van der Waals surface area contributed by atoms with Gasteiger partial charge in [-0.2, -0.15) is 0 Å². The Morgan fingerprint density at radius 3 is 2.97 bits per heavy atom. The molecule has 162 valence electrons. The van der Waals surface area contributed by atoms with Crippen molar-refractivity contribution in [2.75, 3.05) is 39.9 Å². The summed E-state index contributed by atoms with van der Waals surface area (Å²) in [6.07, 6.45) is 2.10. The zero-order valence-electron chi connectivity index (χ0n) is 17.6. The number of hydrogen-bond donors (Lipinski definition) is 1. The summed E-state index contributed by atoms with van der Waals surface area (Å²) >= 11 is 1.73. The van der Waals surface area contributed by atoms with Crippen LogP contribution in [0.4, 0.5) is 0 Å². The number of amides is 1. The third-order valence-electron chi connectivity index (χ3n) is 5.13. The Balaban J connectivity index is 1.74. The Morgan fingerprint density at radius 1 is 1.43 bits per heavy atom. The highest BCUT2D eigenvalue weighted by molar-refractivity contribution is 7.10. The summed E-state index contributed by atoms with van der Waals surface area (Å²) in [5.41, 5.74) is 1.16. The van der Waals surface area contributed by atoms with E-state index in [0.717, 1.165) is 17.7 Å². The number of hydrogen-bond acceptors (Lipinski definition) is 6. The molecule has 0 spiro atoms. The Morgan fingerprint density at radius 2 is 2.23 bits per heavy atom. The van der Waals surface area contributed by atoms with Crippen molar-refractivity contribution in [1.82, 2.24) is 9.80 Å². The molecule has 0 aliphatic carbocycles. The number of ether oxygens (including phenoxy) is 2. The van der Waals surface area contributed by atoms with Gasteiger partial charge in [0.25, 0.3) is 0 Å². The van der Waals surface area contributed by atoms with E-state index < -0.39 is 6.10 Å². The molecule has 0 bridgehead atoms. The highest BCUT2D eigenvalue weighted by Crippen LogP contribution is 2.34. The van der Waals surface area contributed by atoms with Gasteiger partial charge in [0, 0.05) is 30.6 Å². The molecule has 0 radical (unpaired) electrons. The second kappa shape index (κ2) is 10.6. The number of thiophene rings is 1. The van der Waals surface area contributed by atoms with Crippen molar-refractivity contribution in [2.45, 2.75) is 25.5 Å². The normalized spacial score (nSPS) is 16.8. The van der Waals surface area contributed by atoms with Crippen molar-refractivity contribution in [3.8, 4) is 11.5 Å². The molecule has 3 rings (SSSR count). The van der Waals surface area contributed by atoms with Gasteiger partial charge in [0.2, 0.25) is 5.91 Å². The highest BCUT2D eigenvalue weighted by atomic mass is 32.1. The van der Waals surface area contributed by atoms with Crippen LogP contribution in [0.5, 0.6) is 11.5 Å². The molecule has 0 saturated carbocycles. The van der Waals surface area contributed by atoms with Crippen LogP contribution in [0.3, 0.4) is 0 Å². The second-order valence-electron chi connectivity index (χ2n) is 7.47. The zero-order chi connectivity index (χ0) is 21.5. The van der Waals surface area contributed by atoms with Gasteiger partial charge in [-0.05, 0) is 42.5 Å². The fraction of sp³-hybridized carbons (Fsp3) is 0.435. The molecule has 1 aromatic heterocycles. The molecule has 0 unspecified atom stereocenters. The second-order valence-corrected chi connectivity index (χ2v) is 8.47. The molecule has 1 aliphatic heterocycles. The molecule has 2 heterocycles. The number of benzene rings is 1. The molecule has 1 aliphatic rings. The van der Waals surface area contributed by atoms with E-state index in [1.807, 2.05) is 34.1 Å². The van der Waals surface area contributed by atoms with Crippen LogP contribution >= 0.6 is 11.3 Å². The van der Waals surface area contributed by atoms with Crippen LogP contribution in [0.25, 0.3) is 0 Å². The minimum atomic E-state index is -0.505. The fourth-order valence-corrected chi connectivity index (χ4v) is 4.71. The van der Waals surface area contributed by atoms with Gasteiger partial charge in [-0.3, -0.25) is 9.69 Å². The summed E-state index contributed by atoms with van der Waals surface area (Å²) in [6.45, 7) is 7.76. The van der Waals surface area contributed by atoms with Gasteiger partial charge in [-0.15, -0.1) is 17.9 Å². The molecular weight excluding hydrogens is 400 g/mol. The number of aliphatic hydroxyl groups is 1. The average Bonchev–Trinajstić information content (AvgIpc) is 3.20.